The SMILES string of the molecule is CCCCOc1ccc([NH2+][C-]=O)cc1NC(=O)C(C(=O)C(C)(C)C)n1c(O)c(OCC)n(Cc2ccccc2)c1=O. The Labute approximate surface area is 239 Å². The summed E-state index contributed by atoms with van der Waals surface area (Å²) >= 11 is 0. The van der Waals surface area contributed by atoms with Crippen LogP contribution in [0.4, 0.5) is 11.4 Å². The topological polar surface area (TPSA) is 145 Å². The molecule has 0 saturated heterocycles. The number of ketones is 1. The molecule has 0 aliphatic rings. The number of carbonyl (C=O) groups is 2. The molecule has 11 heteroatoms. The van der Waals surface area contributed by atoms with Crippen LogP contribution in [0.2, 0.25) is 0 Å². The number of anilines is 1. The number of ether oxygens (including phenoxy) is 2. The van der Waals surface area contributed by atoms with Gasteiger partial charge in [-0.1, -0.05) is 64.4 Å². The number of nitrogens with one attached hydrogen (secondary N) is 1. The van der Waals surface area contributed by atoms with E-state index in [1.54, 1.807) is 46.2 Å². The molecule has 41 heavy (non-hydrogen) atoms. The molecule has 0 aliphatic heterocycles. The molecule has 3 aromatic rings. The van der Waals surface area contributed by atoms with E-state index < -0.39 is 34.7 Å². The summed E-state index contributed by atoms with van der Waals surface area (Å²) in [5.74, 6) is -1.94. The van der Waals surface area contributed by atoms with E-state index in [-0.39, 0.29) is 24.7 Å². The van der Waals surface area contributed by atoms with Gasteiger partial charge in [-0.15, -0.1) is 0 Å². The number of nitrogens with two attached hydrogens (primary N) is 1. The van der Waals surface area contributed by atoms with E-state index in [1.165, 1.54) is 16.0 Å². The second kappa shape index (κ2) is 13.8. The Morgan fingerprint density at radius 2 is 1.80 bits per heavy atom. The lowest BCUT2D eigenvalue weighted by Crippen LogP contribution is -2.76. The van der Waals surface area contributed by atoms with Crippen molar-refractivity contribution in [1.82, 2.24) is 9.13 Å². The van der Waals surface area contributed by atoms with Crippen LogP contribution >= 0.6 is 0 Å². The summed E-state index contributed by atoms with van der Waals surface area (Å²) in [6, 6.07) is 12.1. The number of aromatic nitrogens is 2. The quantitative estimate of drug-likeness (QED) is 0.118. The van der Waals surface area contributed by atoms with E-state index in [4.69, 9.17) is 9.47 Å². The van der Waals surface area contributed by atoms with Crippen LogP contribution in [0.3, 0.4) is 0 Å². The molecule has 3 rings (SSSR count). The molecule has 1 heterocycles. The summed E-state index contributed by atoms with van der Waals surface area (Å²) < 4.78 is 13.4. The van der Waals surface area contributed by atoms with Gasteiger partial charge in [0.25, 0.3) is 17.7 Å². The minimum Gasteiger partial charge on any atom is -0.491 e. The van der Waals surface area contributed by atoms with Crippen molar-refractivity contribution in [3.05, 3.63) is 64.6 Å². The normalized spacial score (nSPS) is 12.0. The lowest BCUT2D eigenvalue weighted by molar-refractivity contribution is -0.441. The second-order valence-electron chi connectivity index (χ2n) is 10.5. The molecule has 1 unspecified atom stereocenters. The average Bonchev–Trinajstić information content (AvgIpc) is 3.15. The summed E-state index contributed by atoms with van der Waals surface area (Å²) in [7, 11) is 0. The third kappa shape index (κ3) is 7.43. The van der Waals surface area contributed by atoms with Crippen LogP contribution in [0.15, 0.2) is 53.3 Å². The zero-order chi connectivity index (χ0) is 30.2. The van der Waals surface area contributed by atoms with Crippen molar-refractivity contribution in [3.63, 3.8) is 0 Å². The standard InChI is InChI=1S/C30H38N4O7/c1-6-8-16-41-23-15-14-21(31-19-35)17-22(23)32-26(37)24(25(36)30(3,4)5)34-27(38)28(40-7-2)33(29(34)39)18-20-12-10-9-11-13-20/h9-15,17,24,38H,6-8,16,18,31H2,1-5H3,(H,32,37). The molecule has 2 aromatic carbocycles. The molecule has 11 nitrogen and oxygen atoms in total. The Hall–Kier alpha value is -4.38. The van der Waals surface area contributed by atoms with Crippen LogP contribution in [0.5, 0.6) is 17.5 Å². The second-order valence-corrected chi connectivity index (χ2v) is 10.5. The maximum Gasteiger partial charge on any atom is 0.335 e. The van der Waals surface area contributed by atoms with Crippen molar-refractivity contribution < 1.29 is 34.3 Å². The highest BCUT2D eigenvalue weighted by molar-refractivity contribution is 6.11. The summed E-state index contributed by atoms with van der Waals surface area (Å²) in [6.45, 7) is 9.13. The van der Waals surface area contributed by atoms with Gasteiger partial charge < -0.3 is 30.0 Å². The van der Waals surface area contributed by atoms with Crippen LogP contribution in [0.25, 0.3) is 0 Å². The molecule has 0 fully saturated rings. The van der Waals surface area contributed by atoms with Crippen molar-refractivity contribution in [2.75, 3.05) is 18.5 Å². The number of aromatic hydroxyl groups is 1. The van der Waals surface area contributed by atoms with Gasteiger partial charge in [-0.05, 0) is 31.4 Å². The highest BCUT2D eigenvalue weighted by atomic mass is 16.5. The Balaban J connectivity index is 2.13. The molecular weight excluding hydrogens is 528 g/mol. The number of primary amides is 1. The zero-order valence-electron chi connectivity index (χ0n) is 24.1. The van der Waals surface area contributed by atoms with Crippen molar-refractivity contribution >= 4 is 29.5 Å². The highest BCUT2D eigenvalue weighted by Gasteiger charge is 2.41. The molecule has 2 amide bonds. The first-order valence-corrected chi connectivity index (χ1v) is 13.6. The third-order valence-corrected chi connectivity index (χ3v) is 6.30. The first-order valence-electron chi connectivity index (χ1n) is 13.6. The van der Waals surface area contributed by atoms with Gasteiger partial charge in [0.2, 0.25) is 0 Å². The van der Waals surface area contributed by atoms with E-state index in [0.717, 1.165) is 23.0 Å². The molecule has 0 aliphatic carbocycles. The number of unbranched alkanes of at least 4 members (excludes halogenated alkanes) is 1. The Morgan fingerprint density at radius 3 is 2.41 bits per heavy atom. The zero-order valence-corrected chi connectivity index (χ0v) is 24.1. The molecule has 1 atom stereocenters. The molecule has 0 bridgehead atoms. The van der Waals surface area contributed by atoms with Crippen molar-refractivity contribution in [1.29, 1.82) is 0 Å². The number of hydrogen-bond donors (Lipinski definition) is 3. The van der Waals surface area contributed by atoms with Crippen molar-refractivity contribution in [2.24, 2.45) is 5.41 Å². The minimum atomic E-state index is -1.74. The fourth-order valence-electron chi connectivity index (χ4n) is 4.17. The lowest BCUT2D eigenvalue weighted by Gasteiger charge is -2.25. The molecular formula is C30H38N4O7. The largest absolute Gasteiger partial charge is 0.491 e. The Bertz CT molecular complexity index is 1420. The number of nitrogens with zero attached hydrogens (tertiary/aromatic N) is 2. The fourth-order valence-corrected chi connectivity index (χ4v) is 4.17. The summed E-state index contributed by atoms with van der Waals surface area (Å²) in [4.78, 5) is 52.4. The third-order valence-electron chi connectivity index (χ3n) is 6.30. The van der Waals surface area contributed by atoms with Gasteiger partial charge in [-0.3, -0.25) is 14.2 Å². The first-order chi connectivity index (χ1) is 19.5. The van der Waals surface area contributed by atoms with Gasteiger partial charge in [-0.2, -0.15) is 0 Å². The number of hydrogen-bond acceptors (Lipinski definition) is 7. The van der Waals surface area contributed by atoms with Crippen LogP contribution in [0, 0.1) is 5.41 Å². The van der Waals surface area contributed by atoms with Crippen LogP contribution in [-0.2, 0) is 20.9 Å². The Kier molecular flexibility index (Phi) is 10.5. The van der Waals surface area contributed by atoms with E-state index in [2.05, 4.69) is 5.32 Å². The van der Waals surface area contributed by atoms with Gasteiger partial charge in [0.05, 0.1) is 25.4 Å². The van der Waals surface area contributed by atoms with Crippen LogP contribution < -0.4 is 25.8 Å². The summed E-state index contributed by atoms with van der Waals surface area (Å²) in [6.07, 6.45) is 3.36. The monoisotopic (exact) mass is 566 g/mol. The van der Waals surface area contributed by atoms with Crippen LogP contribution in [0.1, 0.15) is 59.1 Å². The Morgan fingerprint density at radius 1 is 1.10 bits per heavy atom. The van der Waals surface area contributed by atoms with Gasteiger partial charge in [0.15, 0.2) is 11.8 Å². The number of carbonyl (C=O) groups excluding carboxylic acids is 3. The molecule has 1 aromatic heterocycles. The van der Waals surface area contributed by atoms with Crippen molar-refractivity contribution in [3.8, 4) is 17.5 Å². The molecule has 4 N–H and O–H groups in total. The highest BCUT2D eigenvalue weighted by Crippen LogP contribution is 2.34. The fraction of sp³-hybridized carbons (Fsp3) is 0.400. The predicted octanol–water partition coefficient (Wildman–Crippen LogP) is 3.04. The van der Waals surface area contributed by atoms with E-state index in [9.17, 15) is 24.3 Å². The number of rotatable bonds is 14. The average molecular weight is 567 g/mol. The van der Waals surface area contributed by atoms with Crippen LogP contribution in [-0.4, -0.2) is 45.6 Å². The lowest BCUT2D eigenvalue weighted by atomic mass is 9.86. The minimum absolute atomic E-state index is 0.0447. The summed E-state index contributed by atoms with van der Waals surface area (Å²) in [5.41, 5.74) is -0.453. The van der Waals surface area contributed by atoms with E-state index in [0.29, 0.717) is 18.0 Å². The first kappa shape index (κ1) is 31.2. The van der Waals surface area contributed by atoms with E-state index >= 15 is 0 Å². The number of Topliss-reactive ketones (excluding diaryl/α,β-unsaturated/α-hetero) is 1. The predicted molar refractivity (Wildman–Crippen MR) is 153 cm³/mol. The number of amides is 2. The molecule has 0 saturated carbocycles. The molecule has 0 radical (unpaired) electrons. The smallest absolute Gasteiger partial charge is 0.335 e. The number of benzene rings is 2. The number of imidazole rings is 1. The maximum atomic E-state index is 13.9. The van der Waals surface area contributed by atoms with Gasteiger partial charge in [-0.25, -0.2) is 9.36 Å². The van der Waals surface area contributed by atoms with E-state index in [1.807, 2.05) is 37.3 Å². The molecule has 0 spiro atoms. The molecule has 220 valence electrons. The van der Waals surface area contributed by atoms with Gasteiger partial charge >= 0.3 is 5.69 Å². The maximum absolute atomic E-state index is 13.9. The van der Waals surface area contributed by atoms with Crippen molar-refractivity contribution in [2.45, 2.75) is 60.0 Å². The van der Waals surface area contributed by atoms with Gasteiger partial charge in [0.1, 0.15) is 11.4 Å². The number of quaternary nitrogens is 1. The van der Waals surface area contributed by atoms with Gasteiger partial charge in [0, 0.05) is 17.5 Å². The summed E-state index contributed by atoms with van der Waals surface area (Å²) in [5, 5.41) is 15.1.